The number of hydrogen-bond donors (Lipinski definition) is 0. The number of aliphatic imine (C=N–C) groups is 1. The molecule has 0 bridgehead atoms. The fourth-order valence-electron chi connectivity index (χ4n) is 2.07. The smallest absolute Gasteiger partial charge is 0.138 e. The topological polar surface area (TPSA) is 25.2 Å². The van der Waals surface area contributed by atoms with Crippen molar-refractivity contribution in [3.8, 4) is 0 Å². The highest BCUT2D eigenvalue weighted by atomic mass is 35.5. The molecule has 0 amide bonds. The van der Waals surface area contributed by atoms with E-state index in [1.807, 2.05) is 54.6 Å². The van der Waals surface area contributed by atoms with Crippen molar-refractivity contribution in [2.45, 2.75) is 6.54 Å². The summed E-state index contributed by atoms with van der Waals surface area (Å²) in [6.07, 6.45) is 1.74. The molecule has 0 aliphatic rings. The van der Waals surface area contributed by atoms with E-state index in [1.54, 1.807) is 6.21 Å². The monoisotopic (exact) mass is 314 g/mol. The van der Waals surface area contributed by atoms with Crippen LogP contribution < -0.4 is 0 Å². The van der Waals surface area contributed by atoms with E-state index in [9.17, 15) is 0 Å². The molecule has 0 spiro atoms. The molecular weight excluding hydrogens is 303 g/mol. The highest BCUT2D eigenvalue weighted by Gasteiger charge is 2.02. The molecular formula is C17H12Cl2N2. The predicted octanol–water partition coefficient (Wildman–Crippen LogP) is 5.16. The number of rotatable bonds is 3. The highest BCUT2D eigenvalue weighted by molar-refractivity contribution is 6.32. The Kier molecular flexibility index (Phi) is 4.18. The first-order chi connectivity index (χ1) is 10.2. The second-order valence-corrected chi connectivity index (χ2v) is 5.39. The van der Waals surface area contributed by atoms with E-state index in [2.05, 4.69) is 9.98 Å². The van der Waals surface area contributed by atoms with Crippen LogP contribution in [-0.2, 0) is 6.54 Å². The number of nitrogens with zero attached hydrogens (tertiary/aromatic N) is 2. The van der Waals surface area contributed by atoms with Crippen LogP contribution in [0, 0.1) is 0 Å². The van der Waals surface area contributed by atoms with Gasteiger partial charge in [0, 0.05) is 22.2 Å². The van der Waals surface area contributed by atoms with Crippen LogP contribution in [0.1, 0.15) is 11.1 Å². The summed E-state index contributed by atoms with van der Waals surface area (Å²) in [5.41, 5.74) is 2.67. The molecule has 0 aliphatic heterocycles. The zero-order valence-corrected chi connectivity index (χ0v) is 12.6. The first kappa shape index (κ1) is 14.1. The number of aromatic nitrogens is 1. The molecule has 0 N–H and O–H groups in total. The predicted molar refractivity (Wildman–Crippen MR) is 89.5 cm³/mol. The molecule has 4 heteroatoms. The van der Waals surface area contributed by atoms with Crippen LogP contribution in [0.5, 0.6) is 0 Å². The van der Waals surface area contributed by atoms with Gasteiger partial charge in [0.15, 0.2) is 0 Å². The number of fused-ring (bicyclic) bond motifs is 1. The first-order valence-electron chi connectivity index (χ1n) is 6.52. The Balaban J connectivity index is 1.86. The van der Waals surface area contributed by atoms with E-state index in [0.29, 0.717) is 11.7 Å². The Hall–Kier alpha value is -1.90. The van der Waals surface area contributed by atoms with E-state index in [-0.39, 0.29) is 0 Å². The maximum atomic E-state index is 6.19. The van der Waals surface area contributed by atoms with Crippen LogP contribution in [0.2, 0.25) is 10.2 Å². The van der Waals surface area contributed by atoms with Gasteiger partial charge < -0.3 is 0 Å². The van der Waals surface area contributed by atoms with Gasteiger partial charge in [0.05, 0.1) is 12.1 Å². The molecule has 0 aliphatic carbocycles. The van der Waals surface area contributed by atoms with Crippen molar-refractivity contribution >= 4 is 40.3 Å². The SMILES string of the molecule is Clc1ccccc1CN=Cc1cc2ccccc2nc1Cl. The van der Waals surface area contributed by atoms with Gasteiger partial charge in [-0.1, -0.05) is 59.6 Å². The van der Waals surface area contributed by atoms with Gasteiger partial charge in [-0.2, -0.15) is 0 Å². The molecule has 2 aromatic carbocycles. The lowest BCUT2D eigenvalue weighted by atomic mass is 10.2. The van der Waals surface area contributed by atoms with Gasteiger partial charge in [-0.3, -0.25) is 4.99 Å². The zero-order valence-electron chi connectivity index (χ0n) is 11.1. The van der Waals surface area contributed by atoms with Crippen LogP contribution in [0.15, 0.2) is 59.6 Å². The summed E-state index contributed by atoms with van der Waals surface area (Å²) >= 11 is 12.3. The molecule has 0 fully saturated rings. The minimum atomic E-state index is 0.455. The maximum Gasteiger partial charge on any atom is 0.138 e. The number of halogens is 2. The minimum absolute atomic E-state index is 0.455. The van der Waals surface area contributed by atoms with Gasteiger partial charge in [0.2, 0.25) is 0 Å². The molecule has 21 heavy (non-hydrogen) atoms. The average Bonchev–Trinajstić information content (AvgIpc) is 2.49. The van der Waals surface area contributed by atoms with Crippen molar-refractivity contribution in [1.82, 2.24) is 4.98 Å². The van der Waals surface area contributed by atoms with Crippen LogP contribution in [-0.4, -0.2) is 11.2 Å². The lowest BCUT2D eigenvalue weighted by Gasteiger charge is -2.02. The molecule has 0 radical (unpaired) electrons. The molecule has 1 heterocycles. The number of para-hydroxylation sites is 1. The lowest BCUT2D eigenvalue weighted by molar-refractivity contribution is 1.08. The summed E-state index contributed by atoms with van der Waals surface area (Å²) in [5, 5.41) is 2.22. The standard InChI is InChI=1S/C17H12Cl2N2/c18-15-7-3-1-6-13(15)10-20-11-14-9-12-5-2-4-8-16(12)21-17(14)19/h1-9,11H,10H2. The second kappa shape index (κ2) is 6.25. The third-order valence-electron chi connectivity index (χ3n) is 3.15. The van der Waals surface area contributed by atoms with Crippen molar-refractivity contribution in [3.63, 3.8) is 0 Å². The number of hydrogen-bond acceptors (Lipinski definition) is 2. The molecule has 0 atom stereocenters. The van der Waals surface area contributed by atoms with Crippen molar-refractivity contribution in [3.05, 3.63) is 75.9 Å². The second-order valence-electron chi connectivity index (χ2n) is 4.62. The first-order valence-corrected chi connectivity index (χ1v) is 7.28. The number of pyridine rings is 1. The van der Waals surface area contributed by atoms with Gasteiger partial charge >= 0.3 is 0 Å². The number of benzene rings is 2. The minimum Gasteiger partial charge on any atom is -0.288 e. The van der Waals surface area contributed by atoms with Gasteiger partial charge in [0.25, 0.3) is 0 Å². The quantitative estimate of drug-likeness (QED) is 0.484. The molecule has 104 valence electrons. The Bertz CT molecular complexity index is 813. The average molecular weight is 315 g/mol. The van der Waals surface area contributed by atoms with Crippen molar-refractivity contribution in [1.29, 1.82) is 0 Å². The molecule has 0 saturated heterocycles. The van der Waals surface area contributed by atoms with Crippen molar-refractivity contribution < 1.29 is 0 Å². The van der Waals surface area contributed by atoms with Crippen LogP contribution in [0.25, 0.3) is 10.9 Å². The highest BCUT2D eigenvalue weighted by Crippen LogP contribution is 2.20. The van der Waals surface area contributed by atoms with Crippen molar-refractivity contribution in [2.24, 2.45) is 4.99 Å². The zero-order chi connectivity index (χ0) is 14.7. The lowest BCUT2D eigenvalue weighted by Crippen LogP contribution is -1.90. The fourth-order valence-corrected chi connectivity index (χ4v) is 2.46. The van der Waals surface area contributed by atoms with E-state index >= 15 is 0 Å². The molecule has 2 nitrogen and oxygen atoms in total. The van der Waals surface area contributed by atoms with Crippen molar-refractivity contribution in [2.75, 3.05) is 0 Å². The third kappa shape index (κ3) is 3.23. The Morgan fingerprint density at radius 2 is 1.76 bits per heavy atom. The Morgan fingerprint density at radius 1 is 1.00 bits per heavy atom. The van der Waals surface area contributed by atoms with Crippen LogP contribution >= 0.6 is 23.2 Å². The van der Waals surface area contributed by atoms with Gasteiger partial charge in [-0.25, -0.2) is 4.98 Å². The van der Waals surface area contributed by atoms with Gasteiger partial charge in [-0.05, 0) is 23.8 Å². The molecule has 1 aromatic heterocycles. The van der Waals surface area contributed by atoms with E-state index in [1.165, 1.54) is 0 Å². The summed E-state index contributed by atoms with van der Waals surface area (Å²) in [6, 6.07) is 17.5. The maximum absolute atomic E-state index is 6.19. The molecule has 3 aromatic rings. The third-order valence-corrected chi connectivity index (χ3v) is 3.83. The largest absolute Gasteiger partial charge is 0.288 e. The van der Waals surface area contributed by atoms with E-state index in [0.717, 1.165) is 27.1 Å². The molecule has 0 unspecified atom stereocenters. The Labute approximate surface area is 133 Å². The summed E-state index contributed by atoms with van der Waals surface area (Å²) in [4.78, 5) is 8.77. The van der Waals surface area contributed by atoms with E-state index < -0.39 is 0 Å². The molecule has 3 rings (SSSR count). The van der Waals surface area contributed by atoms with Crippen LogP contribution in [0.4, 0.5) is 0 Å². The van der Waals surface area contributed by atoms with Gasteiger partial charge in [0.1, 0.15) is 5.15 Å². The summed E-state index contributed by atoms with van der Waals surface area (Å²) < 4.78 is 0. The molecule has 0 saturated carbocycles. The summed E-state index contributed by atoms with van der Waals surface area (Å²) in [5.74, 6) is 0. The van der Waals surface area contributed by atoms with Crippen LogP contribution in [0.3, 0.4) is 0 Å². The summed E-state index contributed by atoms with van der Waals surface area (Å²) in [7, 11) is 0. The normalized spacial score (nSPS) is 11.3. The summed E-state index contributed by atoms with van der Waals surface area (Å²) in [6.45, 7) is 0.517. The van der Waals surface area contributed by atoms with E-state index in [4.69, 9.17) is 23.2 Å². The Morgan fingerprint density at radius 3 is 2.62 bits per heavy atom. The van der Waals surface area contributed by atoms with Gasteiger partial charge in [-0.15, -0.1) is 0 Å². The fraction of sp³-hybridized carbons (Fsp3) is 0.0588.